The van der Waals surface area contributed by atoms with Gasteiger partial charge in [0.25, 0.3) is 5.91 Å². The number of fused-ring (bicyclic) bond motifs is 1. The number of nitrogen functional groups attached to an aromatic ring is 1. The number of urea groups is 1. The first kappa shape index (κ1) is 27.3. The van der Waals surface area contributed by atoms with E-state index in [-0.39, 0.29) is 30.4 Å². The van der Waals surface area contributed by atoms with Crippen LogP contribution in [0.4, 0.5) is 16.2 Å². The van der Waals surface area contributed by atoms with Crippen molar-refractivity contribution >= 4 is 42.5 Å². The van der Waals surface area contributed by atoms with Crippen molar-refractivity contribution < 1.29 is 19.1 Å². The number of amides is 4. The molecule has 2 radical (unpaired) electrons. The van der Waals surface area contributed by atoms with E-state index >= 15 is 0 Å². The summed E-state index contributed by atoms with van der Waals surface area (Å²) in [5, 5.41) is 5.72. The number of nitrogens with one attached hydrogen (secondary N) is 2. The third-order valence-electron chi connectivity index (χ3n) is 7.14. The number of hydrogen-bond donors (Lipinski definition) is 3. The maximum Gasteiger partial charge on any atom is 0.322 e. The van der Waals surface area contributed by atoms with Gasteiger partial charge in [-0.1, -0.05) is 11.5 Å². The summed E-state index contributed by atoms with van der Waals surface area (Å²) in [5.41, 5.74) is 9.82. The van der Waals surface area contributed by atoms with Gasteiger partial charge >= 0.3 is 6.03 Å². The molecule has 4 amide bonds. The van der Waals surface area contributed by atoms with E-state index in [1.807, 2.05) is 42.1 Å². The first-order valence-electron chi connectivity index (χ1n) is 12.8. The molecule has 0 saturated carbocycles. The fraction of sp³-hybridized carbons (Fsp3) is 0.444. The number of carbonyl (C=O) groups is 3. The molecule has 0 bridgehead atoms. The Hall–Kier alpha value is -3.73. The predicted octanol–water partition coefficient (Wildman–Crippen LogP) is 0.944. The monoisotopic (exact) mass is 518 g/mol. The fourth-order valence-corrected chi connectivity index (χ4v) is 5.04. The Labute approximate surface area is 224 Å². The van der Waals surface area contributed by atoms with E-state index in [9.17, 15) is 14.4 Å². The lowest BCUT2D eigenvalue weighted by Crippen LogP contribution is -2.51. The van der Waals surface area contributed by atoms with Crippen LogP contribution in [0.2, 0.25) is 0 Å². The quantitative estimate of drug-likeness (QED) is 0.371. The van der Waals surface area contributed by atoms with Crippen molar-refractivity contribution in [1.82, 2.24) is 20.0 Å². The van der Waals surface area contributed by atoms with Crippen molar-refractivity contribution in [1.29, 1.82) is 0 Å². The lowest BCUT2D eigenvalue weighted by molar-refractivity contribution is -0.131. The minimum Gasteiger partial charge on any atom is -0.497 e. The molecular formula is C27H35BN6O4. The lowest BCUT2D eigenvalue weighted by atomic mass is 9.89. The molecule has 200 valence electrons. The molecule has 0 atom stereocenters. The van der Waals surface area contributed by atoms with Gasteiger partial charge < -0.3 is 35.8 Å². The van der Waals surface area contributed by atoms with Crippen molar-refractivity contribution in [3.8, 4) is 5.75 Å². The molecule has 2 aromatic rings. The number of nitrogens with zero attached hydrogens (tertiary/aromatic N) is 3. The van der Waals surface area contributed by atoms with Crippen molar-refractivity contribution in [2.75, 3.05) is 58.4 Å². The summed E-state index contributed by atoms with van der Waals surface area (Å²) in [5.74, 6) is 0.227. The third kappa shape index (κ3) is 6.21. The largest absolute Gasteiger partial charge is 0.497 e. The minimum atomic E-state index is -0.377. The van der Waals surface area contributed by atoms with Crippen LogP contribution in [0.1, 0.15) is 34.3 Å². The Morgan fingerprint density at radius 3 is 2.61 bits per heavy atom. The molecule has 4 rings (SSSR count). The summed E-state index contributed by atoms with van der Waals surface area (Å²) < 4.78 is 5.31. The molecule has 2 aliphatic heterocycles. The van der Waals surface area contributed by atoms with Crippen LogP contribution in [0.5, 0.6) is 5.75 Å². The van der Waals surface area contributed by atoms with Crippen LogP contribution >= 0.6 is 0 Å². The van der Waals surface area contributed by atoms with Crippen molar-refractivity contribution in [3.05, 3.63) is 47.0 Å². The molecule has 2 aromatic carbocycles. The molecule has 2 heterocycles. The molecule has 2 aliphatic rings. The number of carbonyl (C=O) groups excluding carboxylic acids is 3. The van der Waals surface area contributed by atoms with Gasteiger partial charge in [-0.05, 0) is 68.8 Å². The molecule has 1 saturated heterocycles. The van der Waals surface area contributed by atoms with Crippen LogP contribution in [-0.2, 0) is 17.8 Å². The van der Waals surface area contributed by atoms with Crippen molar-refractivity contribution in [2.24, 2.45) is 0 Å². The summed E-state index contributed by atoms with van der Waals surface area (Å²) >= 11 is 0. The van der Waals surface area contributed by atoms with E-state index in [1.54, 1.807) is 18.1 Å². The highest BCUT2D eigenvalue weighted by molar-refractivity contribution is 6.36. The van der Waals surface area contributed by atoms with E-state index in [1.165, 1.54) is 6.07 Å². The molecule has 0 spiro atoms. The molecule has 38 heavy (non-hydrogen) atoms. The van der Waals surface area contributed by atoms with Crippen LogP contribution in [0.25, 0.3) is 0 Å². The number of hydrogen-bond acceptors (Lipinski definition) is 6. The van der Waals surface area contributed by atoms with Gasteiger partial charge in [0.2, 0.25) is 5.91 Å². The summed E-state index contributed by atoms with van der Waals surface area (Å²) in [6.07, 6.45) is 2.08. The van der Waals surface area contributed by atoms with Gasteiger partial charge in [0.15, 0.2) is 0 Å². The number of rotatable bonds is 7. The van der Waals surface area contributed by atoms with Crippen molar-refractivity contribution in [2.45, 2.75) is 31.8 Å². The zero-order valence-corrected chi connectivity index (χ0v) is 22.3. The van der Waals surface area contributed by atoms with Gasteiger partial charge in [-0.3, -0.25) is 9.59 Å². The van der Waals surface area contributed by atoms with Crippen LogP contribution in [0.3, 0.4) is 0 Å². The van der Waals surface area contributed by atoms with Gasteiger partial charge in [-0.25, -0.2) is 4.79 Å². The molecular weight excluding hydrogens is 483 g/mol. The van der Waals surface area contributed by atoms with Gasteiger partial charge in [-0.15, -0.1) is 0 Å². The number of methoxy groups -OCH3 is 1. The standard InChI is InChI=1S/C27H35BN6O4/c1-32(2)16-19-12-18(14-22(28)25(19)29)26(36)30-15-24(35)33-9-7-20(8-10-33)34-11-6-17-13-21(38-3)4-5-23(17)31-27(34)37/h4-5,12-14,20H,6-11,15-16,29H2,1-3H3,(H,30,36)(H,31,37). The normalized spacial score (nSPS) is 16.1. The average molecular weight is 518 g/mol. The molecule has 11 heteroatoms. The van der Waals surface area contributed by atoms with Gasteiger partial charge in [0.05, 0.1) is 13.7 Å². The van der Waals surface area contributed by atoms with E-state index in [2.05, 4.69) is 10.6 Å². The highest BCUT2D eigenvalue weighted by atomic mass is 16.5. The Kier molecular flexibility index (Phi) is 8.46. The molecule has 1 fully saturated rings. The van der Waals surface area contributed by atoms with Crippen molar-refractivity contribution in [3.63, 3.8) is 0 Å². The Balaban J connectivity index is 1.29. The Morgan fingerprint density at radius 2 is 1.92 bits per heavy atom. The highest BCUT2D eigenvalue weighted by Gasteiger charge is 2.31. The minimum absolute atomic E-state index is 0.0396. The van der Waals surface area contributed by atoms with Crippen LogP contribution < -0.4 is 26.6 Å². The first-order chi connectivity index (χ1) is 18.2. The first-order valence-corrected chi connectivity index (χ1v) is 12.8. The Morgan fingerprint density at radius 1 is 1.18 bits per heavy atom. The zero-order chi connectivity index (χ0) is 27.4. The number of benzene rings is 2. The van der Waals surface area contributed by atoms with Gasteiger partial charge in [0, 0.05) is 49.2 Å². The van der Waals surface area contributed by atoms with E-state index in [4.69, 9.17) is 18.3 Å². The number of piperidine rings is 1. The summed E-state index contributed by atoms with van der Waals surface area (Å²) in [6.45, 7) is 2.07. The SMILES string of the molecule is [B]c1cc(C(=O)NCC(=O)N2CCC(N3CCc4cc(OC)ccc4NC3=O)CC2)cc(CN(C)C)c1N. The van der Waals surface area contributed by atoms with Crippen LogP contribution in [0, 0.1) is 0 Å². The molecule has 10 nitrogen and oxygen atoms in total. The third-order valence-corrected chi connectivity index (χ3v) is 7.14. The maximum atomic E-state index is 12.9. The summed E-state index contributed by atoms with van der Waals surface area (Å²) in [4.78, 5) is 44.0. The average Bonchev–Trinajstić information content (AvgIpc) is 3.06. The smallest absolute Gasteiger partial charge is 0.322 e. The number of anilines is 2. The van der Waals surface area contributed by atoms with Crippen LogP contribution in [-0.4, -0.2) is 93.8 Å². The molecule has 0 aliphatic carbocycles. The maximum absolute atomic E-state index is 12.9. The lowest BCUT2D eigenvalue weighted by Gasteiger charge is -2.38. The second-order valence-corrected chi connectivity index (χ2v) is 10.1. The topological polar surface area (TPSA) is 120 Å². The summed E-state index contributed by atoms with van der Waals surface area (Å²) in [7, 11) is 11.4. The molecule has 4 N–H and O–H groups in total. The highest BCUT2D eigenvalue weighted by Crippen LogP contribution is 2.27. The molecule has 0 unspecified atom stereocenters. The zero-order valence-electron chi connectivity index (χ0n) is 22.3. The van der Waals surface area contributed by atoms with E-state index in [0.717, 1.165) is 29.0 Å². The van der Waals surface area contributed by atoms with Gasteiger partial charge in [0.1, 0.15) is 13.6 Å². The van der Waals surface area contributed by atoms with Gasteiger partial charge in [-0.2, -0.15) is 0 Å². The Bertz CT molecular complexity index is 1210. The second-order valence-electron chi connectivity index (χ2n) is 10.1. The van der Waals surface area contributed by atoms with E-state index in [0.29, 0.717) is 55.7 Å². The summed E-state index contributed by atoms with van der Waals surface area (Å²) in [6, 6.07) is 8.81. The fourth-order valence-electron chi connectivity index (χ4n) is 5.04. The number of nitrogens with two attached hydrogens (primary N) is 1. The second kappa shape index (κ2) is 11.8. The number of ether oxygens (including phenoxy) is 1. The predicted molar refractivity (Wildman–Crippen MR) is 148 cm³/mol. The number of likely N-dealkylation sites (tertiary alicyclic amines) is 1. The van der Waals surface area contributed by atoms with Crippen LogP contribution in [0.15, 0.2) is 30.3 Å². The van der Waals surface area contributed by atoms with E-state index < -0.39 is 0 Å². The molecule has 0 aromatic heterocycles.